The molecule has 5 nitrogen and oxygen atoms in total. The summed E-state index contributed by atoms with van der Waals surface area (Å²) in [5.41, 5.74) is 2.98. The van der Waals surface area contributed by atoms with Crippen LogP contribution in [-0.2, 0) is 11.2 Å². The van der Waals surface area contributed by atoms with Gasteiger partial charge in [-0.25, -0.2) is 0 Å². The van der Waals surface area contributed by atoms with Crippen molar-refractivity contribution in [2.75, 3.05) is 11.1 Å². The summed E-state index contributed by atoms with van der Waals surface area (Å²) in [7, 11) is 0. The Morgan fingerprint density at radius 2 is 2.00 bits per heavy atom. The fraction of sp³-hybridized carbons (Fsp3) is 0.400. The molecule has 0 unspecified atom stereocenters. The molecule has 0 bridgehead atoms. The molecule has 0 radical (unpaired) electrons. The number of aryl methyl sites for hydroxylation is 3. The van der Waals surface area contributed by atoms with Gasteiger partial charge in [-0.3, -0.25) is 4.79 Å². The number of rotatable bonds is 6. The van der Waals surface area contributed by atoms with Crippen molar-refractivity contribution in [3.63, 3.8) is 0 Å². The molecule has 1 amide bonds. The summed E-state index contributed by atoms with van der Waals surface area (Å²) in [6.45, 7) is 6.00. The van der Waals surface area contributed by atoms with Gasteiger partial charge in [0.2, 0.25) is 11.8 Å². The smallest absolute Gasteiger partial charge is 0.277 e. The van der Waals surface area contributed by atoms with Crippen LogP contribution < -0.4 is 5.32 Å². The maximum atomic E-state index is 12.0. The van der Waals surface area contributed by atoms with E-state index in [0.29, 0.717) is 11.1 Å². The van der Waals surface area contributed by atoms with E-state index in [-0.39, 0.29) is 11.7 Å². The monoisotopic (exact) mass is 305 g/mol. The van der Waals surface area contributed by atoms with E-state index in [4.69, 9.17) is 4.42 Å². The number of amides is 1. The first-order valence-electron chi connectivity index (χ1n) is 6.91. The van der Waals surface area contributed by atoms with E-state index in [1.807, 2.05) is 32.0 Å². The van der Waals surface area contributed by atoms with Gasteiger partial charge in [-0.15, -0.1) is 10.2 Å². The third-order valence-corrected chi connectivity index (χ3v) is 3.80. The van der Waals surface area contributed by atoms with Crippen molar-refractivity contribution in [3.05, 3.63) is 35.2 Å². The van der Waals surface area contributed by atoms with Crippen LogP contribution in [0.2, 0.25) is 0 Å². The highest BCUT2D eigenvalue weighted by Gasteiger charge is 2.11. The molecule has 0 spiro atoms. The van der Waals surface area contributed by atoms with Crippen LogP contribution in [0.15, 0.2) is 27.8 Å². The van der Waals surface area contributed by atoms with Gasteiger partial charge in [0.25, 0.3) is 5.22 Å². The molecule has 1 aromatic carbocycles. The van der Waals surface area contributed by atoms with Crippen molar-refractivity contribution in [2.45, 2.75) is 38.8 Å². The first kappa shape index (κ1) is 15.6. The molecule has 0 atom stereocenters. The second-order valence-electron chi connectivity index (χ2n) is 4.82. The zero-order valence-electron chi connectivity index (χ0n) is 12.5. The molecule has 2 rings (SSSR count). The molecule has 0 aliphatic carbocycles. The lowest BCUT2D eigenvalue weighted by Crippen LogP contribution is -2.15. The first-order valence-corrected chi connectivity index (χ1v) is 7.90. The second-order valence-corrected chi connectivity index (χ2v) is 5.74. The third-order valence-electron chi connectivity index (χ3n) is 2.98. The van der Waals surface area contributed by atoms with Gasteiger partial charge in [-0.2, -0.15) is 0 Å². The number of nitrogens with one attached hydrogen (secondary N) is 1. The van der Waals surface area contributed by atoms with Gasteiger partial charge in [0.05, 0.1) is 5.75 Å². The summed E-state index contributed by atoms with van der Waals surface area (Å²) < 4.78 is 5.43. The van der Waals surface area contributed by atoms with Gasteiger partial charge in [-0.05, 0) is 31.4 Å². The van der Waals surface area contributed by atoms with Gasteiger partial charge in [0.15, 0.2) is 0 Å². The SMILES string of the molecule is CCCc1nnc(SCC(=O)Nc2c(C)cccc2C)o1. The molecule has 21 heavy (non-hydrogen) atoms. The lowest BCUT2D eigenvalue weighted by atomic mass is 10.1. The molecule has 0 saturated heterocycles. The Bertz CT molecular complexity index is 605. The predicted molar refractivity (Wildman–Crippen MR) is 83.6 cm³/mol. The minimum atomic E-state index is -0.0763. The van der Waals surface area contributed by atoms with Gasteiger partial charge < -0.3 is 9.73 Å². The normalized spacial score (nSPS) is 10.6. The molecule has 112 valence electrons. The molecular weight excluding hydrogens is 286 g/mol. The molecule has 6 heteroatoms. The van der Waals surface area contributed by atoms with Crippen LogP contribution in [0.5, 0.6) is 0 Å². The van der Waals surface area contributed by atoms with Crippen molar-refractivity contribution in [3.8, 4) is 0 Å². The molecule has 0 aliphatic heterocycles. The standard InChI is InChI=1S/C15H19N3O2S/c1-4-6-13-17-18-15(20-13)21-9-12(19)16-14-10(2)7-5-8-11(14)3/h5,7-8H,4,6,9H2,1-3H3,(H,16,19). The van der Waals surface area contributed by atoms with E-state index in [2.05, 4.69) is 22.4 Å². The summed E-state index contributed by atoms with van der Waals surface area (Å²) in [6, 6.07) is 5.93. The highest BCUT2D eigenvalue weighted by molar-refractivity contribution is 7.99. The van der Waals surface area contributed by atoms with Crippen LogP contribution in [0.25, 0.3) is 0 Å². The fourth-order valence-corrected chi connectivity index (χ4v) is 2.51. The topological polar surface area (TPSA) is 68.0 Å². The van der Waals surface area contributed by atoms with Gasteiger partial charge in [0, 0.05) is 12.1 Å². The first-order chi connectivity index (χ1) is 10.1. The van der Waals surface area contributed by atoms with Crippen molar-refractivity contribution in [2.24, 2.45) is 0 Å². The Morgan fingerprint density at radius 3 is 2.67 bits per heavy atom. The minimum Gasteiger partial charge on any atom is -0.416 e. The summed E-state index contributed by atoms with van der Waals surface area (Å²) in [5.74, 6) is 0.796. The number of hydrogen-bond donors (Lipinski definition) is 1. The zero-order chi connectivity index (χ0) is 15.2. The summed E-state index contributed by atoms with van der Waals surface area (Å²) in [4.78, 5) is 12.0. The zero-order valence-corrected chi connectivity index (χ0v) is 13.3. The second kappa shape index (κ2) is 7.26. The Labute approximate surface area is 128 Å². The van der Waals surface area contributed by atoms with E-state index >= 15 is 0 Å². The van der Waals surface area contributed by atoms with E-state index in [9.17, 15) is 4.79 Å². The number of anilines is 1. The van der Waals surface area contributed by atoms with Crippen molar-refractivity contribution in [1.82, 2.24) is 10.2 Å². The van der Waals surface area contributed by atoms with Crippen molar-refractivity contribution in [1.29, 1.82) is 0 Å². The molecule has 0 saturated carbocycles. The quantitative estimate of drug-likeness (QED) is 0.829. The molecule has 0 fully saturated rings. The minimum absolute atomic E-state index is 0.0763. The summed E-state index contributed by atoms with van der Waals surface area (Å²) in [5, 5.41) is 11.2. The molecule has 1 heterocycles. The molecule has 0 aliphatic rings. The summed E-state index contributed by atoms with van der Waals surface area (Å²) >= 11 is 1.25. The van der Waals surface area contributed by atoms with Gasteiger partial charge >= 0.3 is 0 Å². The molecule has 2 aromatic rings. The number of aromatic nitrogens is 2. The van der Waals surface area contributed by atoms with Crippen LogP contribution in [-0.4, -0.2) is 21.9 Å². The number of benzene rings is 1. The fourth-order valence-electron chi connectivity index (χ4n) is 1.93. The number of thioether (sulfide) groups is 1. The van der Waals surface area contributed by atoms with Crippen molar-refractivity contribution >= 4 is 23.4 Å². The average molecular weight is 305 g/mol. The van der Waals surface area contributed by atoms with Crippen molar-refractivity contribution < 1.29 is 9.21 Å². The van der Waals surface area contributed by atoms with E-state index in [1.54, 1.807) is 0 Å². The Balaban J connectivity index is 1.90. The predicted octanol–water partition coefficient (Wildman–Crippen LogP) is 3.37. The van der Waals surface area contributed by atoms with E-state index in [1.165, 1.54) is 11.8 Å². The Morgan fingerprint density at radius 1 is 1.29 bits per heavy atom. The largest absolute Gasteiger partial charge is 0.416 e. The molecule has 1 aromatic heterocycles. The number of hydrogen-bond acceptors (Lipinski definition) is 5. The van der Waals surface area contributed by atoms with Crippen LogP contribution in [0.3, 0.4) is 0 Å². The third kappa shape index (κ3) is 4.32. The highest BCUT2D eigenvalue weighted by Crippen LogP contribution is 2.21. The summed E-state index contributed by atoms with van der Waals surface area (Å²) in [6.07, 6.45) is 1.72. The lowest BCUT2D eigenvalue weighted by molar-refractivity contribution is -0.113. The van der Waals surface area contributed by atoms with Crippen LogP contribution in [0.4, 0.5) is 5.69 Å². The molecular formula is C15H19N3O2S. The highest BCUT2D eigenvalue weighted by atomic mass is 32.2. The van der Waals surface area contributed by atoms with E-state index < -0.39 is 0 Å². The van der Waals surface area contributed by atoms with Crippen LogP contribution in [0, 0.1) is 13.8 Å². The maximum absolute atomic E-state index is 12.0. The number of carbonyl (C=O) groups is 1. The van der Waals surface area contributed by atoms with Gasteiger partial charge in [-0.1, -0.05) is 36.9 Å². The van der Waals surface area contributed by atoms with Gasteiger partial charge in [0.1, 0.15) is 0 Å². The Kier molecular flexibility index (Phi) is 5.38. The average Bonchev–Trinajstić information content (AvgIpc) is 2.89. The van der Waals surface area contributed by atoms with Crippen LogP contribution in [0.1, 0.15) is 30.4 Å². The molecule has 1 N–H and O–H groups in total. The van der Waals surface area contributed by atoms with Crippen LogP contribution >= 0.6 is 11.8 Å². The number of nitrogens with zero attached hydrogens (tertiary/aromatic N) is 2. The number of para-hydroxylation sites is 1. The maximum Gasteiger partial charge on any atom is 0.277 e. The number of carbonyl (C=O) groups excluding carboxylic acids is 1. The van der Waals surface area contributed by atoms with E-state index in [0.717, 1.165) is 29.7 Å². The Hall–Kier alpha value is -1.82. The lowest BCUT2D eigenvalue weighted by Gasteiger charge is -2.10.